The zero-order valence-corrected chi connectivity index (χ0v) is 4.52. The first-order valence-electron chi connectivity index (χ1n) is 2.75. The van der Waals surface area contributed by atoms with E-state index in [1.807, 2.05) is 12.8 Å². The summed E-state index contributed by atoms with van der Waals surface area (Å²) in [6, 6.07) is 0. The van der Waals surface area contributed by atoms with Gasteiger partial charge in [-0.1, -0.05) is 0 Å². The Morgan fingerprint density at radius 1 is 1.62 bits per heavy atom. The zero-order valence-electron chi connectivity index (χ0n) is 4.52. The van der Waals surface area contributed by atoms with E-state index in [1.54, 1.807) is 0 Å². The summed E-state index contributed by atoms with van der Waals surface area (Å²) < 4.78 is 0. The molecular formula is C6H7N2. The molecule has 2 nitrogen and oxygen atoms in total. The van der Waals surface area contributed by atoms with Crippen molar-refractivity contribution in [2.24, 2.45) is 4.99 Å². The molecule has 0 fully saturated rings. The van der Waals surface area contributed by atoms with Crippen molar-refractivity contribution in [2.45, 2.75) is 0 Å². The van der Waals surface area contributed by atoms with E-state index < -0.39 is 0 Å². The highest BCUT2D eigenvalue weighted by molar-refractivity contribution is 5.86. The number of aliphatic imine (C=N–C) groups is 1. The largest absolute Gasteiger partial charge is 0.304 e. The molecule has 0 spiro atoms. The van der Waals surface area contributed by atoms with Gasteiger partial charge in [0.1, 0.15) is 0 Å². The van der Waals surface area contributed by atoms with Crippen molar-refractivity contribution in [3.05, 3.63) is 17.7 Å². The molecule has 0 bridgehead atoms. The first kappa shape index (κ1) is 4.27. The van der Waals surface area contributed by atoms with Gasteiger partial charge in [-0.05, 0) is 11.1 Å². The molecular weight excluding hydrogens is 100 g/mol. The van der Waals surface area contributed by atoms with Gasteiger partial charge in [-0.2, -0.15) is 0 Å². The molecule has 0 aromatic heterocycles. The van der Waals surface area contributed by atoms with Crippen LogP contribution in [0.5, 0.6) is 0 Å². The lowest BCUT2D eigenvalue weighted by molar-refractivity contribution is 0.922. The van der Waals surface area contributed by atoms with Crippen LogP contribution in [0.3, 0.4) is 0 Å². The summed E-state index contributed by atoms with van der Waals surface area (Å²) in [7, 11) is 0. The van der Waals surface area contributed by atoms with Crippen molar-refractivity contribution < 1.29 is 0 Å². The van der Waals surface area contributed by atoms with Crippen LogP contribution in [-0.4, -0.2) is 19.3 Å². The number of nitrogens with one attached hydrogen (secondary N) is 1. The molecule has 1 N–H and O–H groups in total. The minimum Gasteiger partial charge on any atom is -0.304 e. The molecule has 41 valence electrons. The Morgan fingerprint density at radius 2 is 2.62 bits per heavy atom. The third-order valence-electron chi connectivity index (χ3n) is 1.49. The summed E-state index contributed by atoms with van der Waals surface area (Å²) in [6.45, 7) is 3.94. The Hall–Kier alpha value is -0.630. The van der Waals surface area contributed by atoms with Crippen molar-refractivity contribution in [2.75, 3.05) is 13.1 Å². The van der Waals surface area contributed by atoms with E-state index in [-0.39, 0.29) is 0 Å². The van der Waals surface area contributed by atoms with Crippen LogP contribution in [0.2, 0.25) is 0 Å². The predicted octanol–water partition coefficient (Wildman–Crippen LogP) is 0.132. The quantitative estimate of drug-likeness (QED) is 0.467. The second kappa shape index (κ2) is 1.42. The van der Waals surface area contributed by atoms with Crippen LogP contribution >= 0.6 is 0 Å². The van der Waals surface area contributed by atoms with Gasteiger partial charge in [-0.15, -0.1) is 0 Å². The van der Waals surface area contributed by atoms with E-state index >= 15 is 0 Å². The van der Waals surface area contributed by atoms with Gasteiger partial charge in [-0.25, -0.2) is 0 Å². The second-order valence-corrected chi connectivity index (χ2v) is 2.05. The minimum absolute atomic E-state index is 0.916. The molecule has 2 heterocycles. The fourth-order valence-electron chi connectivity index (χ4n) is 1.02. The van der Waals surface area contributed by atoms with Gasteiger partial charge in [-0.3, -0.25) is 4.99 Å². The highest BCUT2D eigenvalue weighted by atomic mass is 14.9. The summed E-state index contributed by atoms with van der Waals surface area (Å²) in [5.74, 6) is 0. The summed E-state index contributed by atoms with van der Waals surface area (Å²) in [5, 5.41) is 3.13. The first-order valence-corrected chi connectivity index (χ1v) is 2.75. The van der Waals surface area contributed by atoms with Crippen LogP contribution in [0, 0.1) is 6.54 Å². The van der Waals surface area contributed by atoms with Gasteiger partial charge in [0, 0.05) is 12.8 Å². The standard InChI is InChI=1S/C6H7N2/c1-5-2-8-4-6(5)3-7-1/h1-2,7H,3-4H2. The molecule has 8 heavy (non-hydrogen) atoms. The topological polar surface area (TPSA) is 24.4 Å². The SMILES string of the molecule is [CH]1NCC2=C1C=NC2. The van der Waals surface area contributed by atoms with Crippen LogP contribution in [0.25, 0.3) is 0 Å². The number of nitrogens with zero attached hydrogens (tertiary/aromatic N) is 1. The number of hydrogen-bond acceptors (Lipinski definition) is 2. The maximum absolute atomic E-state index is 4.10. The van der Waals surface area contributed by atoms with Gasteiger partial charge < -0.3 is 5.32 Å². The maximum atomic E-state index is 4.10. The molecule has 2 heteroatoms. The molecule has 0 aliphatic carbocycles. The molecule has 2 aliphatic rings. The Kier molecular flexibility index (Phi) is 0.758. The molecule has 0 aromatic rings. The Morgan fingerprint density at radius 3 is 3.50 bits per heavy atom. The van der Waals surface area contributed by atoms with Crippen molar-refractivity contribution in [1.29, 1.82) is 0 Å². The maximum Gasteiger partial charge on any atom is 0.0618 e. The lowest BCUT2D eigenvalue weighted by Crippen LogP contribution is -2.06. The van der Waals surface area contributed by atoms with Crippen LogP contribution in [0.1, 0.15) is 0 Å². The normalized spacial score (nSPS) is 25.0. The average molecular weight is 107 g/mol. The van der Waals surface area contributed by atoms with Gasteiger partial charge in [0.05, 0.1) is 13.1 Å². The molecule has 2 rings (SSSR count). The van der Waals surface area contributed by atoms with E-state index in [9.17, 15) is 0 Å². The first-order chi connectivity index (χ1) is 3.97. The third kappa shape index (κ3) is 0.434. The molecule has 0 saturated carbocycles. The number of rotatable bonds is 0. The van der Waals surface area contributed by atoms with E-state index in [2.05, 4.69) is 10.3 Å². The van der Waals surface area contributed by atoms with Crippen LogP contribution < -0.4 is 5.32 Å². The van der Waals surface area contributed by atoms with Crippen LogP contribution in [-0.2, 0) is 0 Å². The fraction of sp³-hybridized carbons (Fsp3) is 0.333. The van der Waals surface area contributed by atoms with Gasteiger partial charge in [0.2, 0.25) is 0 Å². The van der Waals surface area contributed by atoms with E-state index in [0.717, 1.165) is 13.1 Å². The lowest BCUT2D eigenvalue weighted by Gasteiger charge is -1.89. The van der Waals surface area contributed by atoms with Gasteiger partial charge in [0.25, 0.3) is 0 Å². The lowest BCUT2D eigenvalue weighted by atomic mass is 10.2. The Labute approximate surface area is 48.3 Å². The third-order valence-corrected chi connectivity index (χ3v) is 1.49. The predicted molar refractivity (Wildman–Crippen MR) is 32.7 cm³/mol. The van der Waals surface area contributed by atoms with Crippen molar-refractivity contribution >= 4 is 6.21 Å². The van der Waals surface area contributed by atoms with Crippen molar-refractivity contribution in [3.63, 3.8) is 0 Å². The Balaban J connectivity index is 2.33. The molecule has 2 aliphatic heterocycles. The zero-order chi connectivity index (χ0) is 5.40. The summed E-state index contributed by atoms with van der Waals surface area (Å²) in [6.07, 6.45) is 1.93. The van der Waals surface area contributed by atoms with Gasteiger partial charge in [0.15, 0.2) is 0 Å². The molecule has 0 aromatic carbocycles. The average Bonchev–Trinajstić information content (AvgIpc) is 2.15. The smallest absolute Gasteiger partial charge is 0.0618 e. The van der Waals surface area contributed by atoms with Crippen molar-refractivity contribution in [3.8, 4) is 0 Å². The summed E-state index contributed by atoms with van der Waals surface area (Å²) in [4.78, 5) is 4.10. The van der Waals surface area contributed by atoms with E-state index in [1.165, 1.54) is 11.1 Å². The van der Waals surface area contributed by atoms with Gasteiger partial charge >= 0.3 is 0 Å². The molecule has 0 atom stereocenters. The Bertz CT molecular complexity index is 167. The summed E-state index contributed by atoms with van der Waals surface area (Å²) >= 11 is 0. The monoisotopic (exact) mass is 107 g/mol. The minimum atomic E-state index is 0.916. The number of hydrogen-bond donors (Lipinski definition) is 1. The molecule has 1 radical (unpaired) electrons. The highest BCUT2D eigenvalue weighted by Crippen LogP contribution is 2.15. The second-order valence-electron chi connectivity index (χ2n) is 2.05. The van der Waals surface area contributed by atoms with E-state index in [0.29, 0.717) is 0 Å². The molecule has 0 saturated heterocycles. The molecule has 0 amide bonds. The fourth-order valence-corrected chi connectivity index (χ4v) is 1.02. The summed E-state index contributed by atoms with van der Waals surface area (Å²) in [5.41, 5.74) is 2.73. The highest BCUT2D eigenvalue weighted by Gasteiger charge is 2.14. The van der Waals surface area contributed by atoms with Crippen molar-refractivity contribution in [1.82, 2.24) is 5.32 Å². The van der Waals surface area contributed by atoms with Crippen LogP contribution in [0.15, 0.2) is 16.1 Å². The van der Waals surface area contributed by atoms with Crippen LogP contribution in [0.4, 0.5) is 0 Å². The van der Waals surface area contributed by atoms with E-state index in [4.69, 9.17) is 0 Å². The molecule has 0 unspecified atom stereocenters.